The van der Waals surface area contributed by atoms with Gasteiger partial charge in [-0.3, -0.25) is 4.79 Å². The zero-order valence-corrected chi connectivity index (χ0v) is 9.67. The van der Waals surface area contributed by atoms with Gasteiger partial charge in [0, 0.05) is 12.0 Å². The average molecular weight is 235 g/mol. The first-order valence-corrected chi connectivity index (χ1v) is 5.16. The van der Waals surface area contributed by atoms with Crippen LogP contribution in [0.4, 0.5) is 0 Å². The Kier molecular flexibility index (Phi) is 6.79. The number of carbonyl (C=O) groups is 2. The predicted octanol–water partition coefficient (Wildman–Crippen LogP) is 2.01. The first-order chi connectivity index (χ1) is 7.01. The van der Waals surface area contributed by atoms with Gasteiger partial charge in [-0.05, 0) is 13.3 Å². The van der Waals surface area contributed by atoms with Gasteiger partial charge in [0.1, 0.15) is 5.88 Å². The molecule has 0 saturated carbocycles. The van der Waals surface area contributed by atoms with Crippen LogP contribution < -0.4 is 0 Å². The summed E-state index contributed by atoms with van der Waals surface area (Å²) in [6.45, 7) is 6.83. The highest BCUT2D eigenvalue weighted by Gasteiger charge is 2.17. The molecule has 1 atom stereocenters. The molecular weight excluding hydrogens is 220 g/mol. The van der Waals surface area contributed by atoms with Crippen molar-refractivity contribution in [3.05, 3.63) is 12.2 Å². The maximum atomic E-state index is 11.2. The topological polar surface area (TPSA) is 52.6 Å². The van der Waals surface area contributed by atoms with E-state index in [0.29, 0.717) is 6.42 Å². The number of esters is 2. The lowest BCUT2D eigenvalue weighted by molar-refractivity contribution is -0.184. The van der Waals surface area contributed by atoms with Gasteiger partial charge in [-0.15, -0.1) is 11.6 Å². The first kappa shape index (κ1) is 14.0. The Morgan fingerprint density at radius 3 is 2.40 bits per heavy atom. The van der Waals surface area contributed by atoms with Crippen LogP contribution in [0.1, 0.15) is 26.7 Å². The van der Waals surface area contributed by atoms with Crippen molar-refractivity contribution in [2.45, 2.75) is 33.0 Å². The molecule has 0 amide bonds. The van der Waals surface area contributed by atoms with Gasteiger partial charge in [0.2, 0.25) is 6.29 Å². The Morgan fingerprint density at radius 1 is 1.40 bits per heavy atom. The minimum absolute atomic E-state index is 0.259. The second-order valence-corrected chi connectivity index (χ2v) is 3.29. The van der Waals surface area contributed by atoms with E-state index < -0.39 is 18.2 Å². The maximum Gasteiger partial charge on any atom is 0.336 e. The highest BCUT2D eigenvalue weighted by Crippen LogP contribution is 2.07. The number of hydrogen-bond donors (Lipinski definition) is 0. The zero-order chi connectivity index (χ0) is 11.8. The molecule has 0 aliphatic rings. The summed E-state index contributed by atoms with van der Waals surface area (Å²) in [6.07, 6.45) is 0.302. The molecule has 0 aliphatic heterocycles. The van der Waals surface area contributed by atoms with Crippen LogP contribution in [-0.2, 0) is 19.1 Å². The summed E-state index contributed by atoms with van der Waals surface area (Å²) in [7, 11) is 0. The van der Waals surface area contributed by atoms with E-state index >= 15 is 0 Å². The van der Waals surface area contributed by atoms with Crippen LogP contribution in [0.5, 0.6) is 0 Å². The quantitative estimate of drug-likeness (QED) is 0.305. The van der Waals surface area contributed by atoms with Crippen molar-refractivity contribution in [1.82, 2.24) is 0 Å². The molecule has 1 unspecified atom stereocenters. The van der Waals surface area contributed by atoms with Gasteiger partial charge >= 0.3 is 11.9 Å². The number of hydrogen-bond acceptors (Lipinski definition) is 4. The number of rotatable bonds is 6. The Hall–Kier alpha value is -1.03. The number of carbonyl (C=O) groups excluding carboxylic acids is 2. The van der Waals surface area contributed by atoms with Crippen molar-refractivity contribution >= 4 is 23.5 Å². The Balaban J connectivity index is 4.20. The monoisotopic (exact) mass is 234 g/mol. The molecule has 0 rings (SSSR count). The minimum atomic E-state index is -0.870. The molecule has 0 N–H and O–H groups in total. The summed E-state index contributed by atoms with van der Waals surface area (Å²) >= 11 is 5.26. The van der Waals surface area contributed by atoms with Gasteiger partial charge in [0.05, 0.1) is 0 Å². The maximum absolute atomic E-state index is 11.2. The van der Waals surface area contributed by atoms with E-state index in [9.17, 15) is 9.59 Å². The zero-order valence-electron chi connectivity index (χ0n) is 8.92. The molecule has 0 spiro atoms. The van der Waals surface area contributed by atoms with Crippen LogP contribution in [0.25, 0.3) is 0 Å². The van der Waals surface area contributed by atoms with E-state index in [2.05, 4.69) is 6.58 Å². The summed E-state index contributed by atoms with van der Waals surface area (Å²) in [5.74, 6) is -1.44. The Morgan fingerprint density at radius 2 is 2.00 bits per heavy atom. The molecule has 0 radical (unpaired) electrons. The van der Waals surface area contributed by atoms with Crippen molar-refractivity contribution in [3.63, 3.8) is 0 Å². The van der Waals surface area contributed by atoms with Crippen LogP contribution in [-0.4, -0.2) is 24.1 Å². The summed E-state index contributed by atoms with van der Waals surface area (Å²) in [5, 5.41) is 0. The smallest absolute Gasteiger partial charge is 0.336 e. The predicted molar refractivity (Wildman–Crippen MR) is 56.4 cm³/mol. The second kappa shape index (κ2) is 7.29. The van der Waals surface area contributed by atoms with Crippen molar-refractivity contribution in [2.24, 2.45) is 0 Å². The van der Waals surface area contributed by atoms with Crippen LogP contribution in [0.3, 0.4) is 0 Å². The Bertz CT molecular complexity index is 250. The molecule has 86 valence electrons. The van der Waals surface area contributed by atoms with Gasteiger partial charge < -0.3 is 9.47 Å². The van der Waals surface area contributed by atoms with Gasteiger partial charge in [-0.25, -0.2) is 4.79 Å². The third-order valence-electron chi connectivity index (χ3n) is 1.48. The van der Waals surface area contributed by atoms with E-state index in [1.54, 1.807) is 0 Å². The number of alkyl halides is 1. The molecule has 5 heteroatoms. The lowest BCUT2D eigenvalue weighted by Crippen LogP contribution is -2.25. The summed E-state index contributed by atoms with van der Waals surface area (Å²) in [4.78, 5) is 22.0. The lowest BCUT2D eigenvalue weighted by Gasteiger charge is -2.16. The number of halogens is 1. The first-order valence-electron chi connectivity index (χ1n) is 4.63. The van der Waals surface area contributed by atoms with Crippen molar-refractivity contribution < 1.29 is 19.1 Å². The second-order valence-electron chi connectivity index (χ2n) is 3.03. The molecule has 0 aromatic heterocycles. The fourth-order valence-electron chi connectivity index (χ4n) is 0.776. The van der Waals surface area contributed by atoms with E-state index in [4.69, 9.17) is 21.1 Å². The molecule has 0 heterocycles. The lowest BCUT2D eigenvalue weighted by atomic mass is 10.3. The standard InChI is InChI=1S/C10H15ClO4/c1-4-5-9(14-8(12)6-11)15-10(13)7(2)3/h9H,2,4-6H2,1,3H3. The van der Waals surface area contributed by atoms with Crippen LogP contribution in [0.15, 0.2) is 12.2 Å². The Labute approximate surface area is 94.2 Å². The van der Waals surface area contributed by atoms with E-state index in [1.807, 2.05) is 6.92 Å². The molecule has 0 aromatic rings. The highest BCUT2D eigenvalue weighted by atomic mass is 35.5. The van der Waals surface area contributed by atoms with E-state index in [1.165, 1.54) is 6.92 Å². The van der Waals surface area contributed by atoms with Crippen molar-refractivity contribution in [1.29, 1.82) is 0 Å². The average Bonchev–Trinajstić information content (AvgIpc) is 2.17. The van der Waals surface area contributed by atoms with Gasteiger partial charge in [0.15, 0.2) is 0 Å². The molecule has 15 heavy (non-hydrogen) atoms. The third-order valence-corrected chi connectivity index (χ3v) is 1.70. The molecule has 0 aliphatic carbocycles. The fraction of sp³-hybridized carbons (Fsp3) is 0.600. The minimum Gasteiger partial charge on any atom is -0.424 e. The molecule has 0 bridgehead atoms. The van der Waals surface area contributed by atoms with Crippen LogP contribution in [0, 0.1) is 0 Å². The molecular formula is C10H15ClO4. The van der Waals surface area contributed by atoms with E-state index in [-0.39, 0.29) is 11.5 Å². The third kappa shape index (κ3) is 6.12. The van der Waals surface area contributed by atoms with Gasteiger partial charge in [-0.1, -0.05) is 13.5 Å². The fourth-order valence-corrected chi connectivity index (χ4v) is 0.839. The highest BCUT2D eigenvalue weighted by molar-refractivity contribution is 6.26. The van der Waals surface area contributed by atoms with Crippen LogP contribution in [0.2, 0.25) is 0 Å². The largest absolute Gasteiger partial charge is 0.424 e. The summed E-state index contributed by atoms with van der Waals surface area (Å²) in [5.41, 5.74) is 0.262. The molecule has 0 fully saturated rings. The van der Waals surface area contributed by atoms with E-state index in [0.717, 1.165) is 6.42 Å². The normalized spacial score (nSPS) is 11.7. The molecule has 4 nitrogen and oxygen atoms in total. The molecule has 0 saturated heterocycles. The van der Waals surface area contributed by atoms with Gasteiger partial charge in [0.25, 0.3) is 0 Å². The number of ether oxygens (including phenoxy) is 2. The summed E-state index contributed by atoms with van der Waals surface area (Å²) < 4.78 is 9.69. The molecule has 0 aromatic carbocycles. The van der Waals surface area contributed by atoms with Crippen molar-refractivity contribution in [3.8, 4) is 0 Å². The SMILES string of the molecule is C=C(C)C(=O)OC(CCC)OC(=O)CCl. The summed E-state index contributed by atoms with van der Waals surface area (Å²) in [6, 6.07) is 0. The van der Waals surface area contributed by atoms with Crippen LogP contribution >= 0.6 is 11.6 Å². The van der Waals surface area contributed by atoms with Gasteiger partial charge in [-0.2, -0.15) is 0 Å². The van der Waals surface area contributed by atoms with Crippen molar-refractivity contribution in [2.75, 3.05) is 5.88 Å².